The highest BCUT2D eigenvalue weighted by atomic mass is 16.5. The van der Waals surface area contributed by atoms with Crippen LogP contribution in [0.5, 0.6) is 0 Å². The van der Waals surface area contributed by atoms with Crippen LogP contribution in [0.3, 0.4) is 0 Å². The number of rotatable bonds is 7. The topological polar surface area (TPSA) is 46.5 Å². The Kier molecular flexibility index (Phi) is 4.94. The SMILES string of the molecule is CCCCCCOC1CC(C(=O)O)C1. The zero-order chi connectivity index (χ0) is 10.4. The average molecular weight is 200 g/mol. The molecule has 1 fully saturated rings. The number of ether oxygens (including phenoxy) is 1. The second-order valence-corrected chi connectivity index (χ2v) is 4.06. The fourth-order valence-electron chi connectivity index (χ4n) is 1.68. The smallest absolute Gasteiger partial charge is 0.306 e. The van der Waals surface area contributed by atoms with E-state index in [4.69, 9.17) is 9.84 Å². The monoisotopic (exact) mass is 200 g/mol. The number of carboxylic acid groups (broad SMARTS) is 1. The zero-order valence-corrected chi connectivity index (χ0v) is 8.87. The molecule has 1 saturated carbocycles. The van der Waals surface area contributed by atoms with E-state index in [1.807, 2.05) is 0 Å². The molecule has 1 N–H and O–H groups in total. The van der Waals surface area contributed by atoms with Crippen LogP contribution in [0.15, 0.2) is 0 Å². The second kappa shape index (κ2) is 6.02. The minimum absolute atomic E-state index is 0.143. The van der Waals surface area contributed by atoms with E-state index in [1.54, 1.807) is 0 Å². The van der Waals surface area contributed by atoms with Crippen LogP contribution in [-0.2, 0) is 9.53 Å². The van der Waals surface area contributed by atoms with Gasteiger partial charge in [0.2, 0.25) is 0 Å². The van der Waals surface area contributed by atoms with Gasteiger partial charge in [-0.25, -0.2) is 0 Å². The van der Waals surface area contributed by atoms with E-state index < -0.39 is 5.97 Å². The van der Waals surface area contributed by atoms with Crippen LogP contribution in [-0.4, -0.2) is 23.8 Å². The summed E-state index contributed by atoms with van der Waals surface area (Å²) in [4.78, 5) is 10.5. The summed E-state index contributed by atoms with van der Waals surface area (Å²) in [5.74, 6) is -0.813. The molecule has 1 aliphatic rings. The Morgan fingerprint density at radius 1 is 1.36 bits per heavy atom. The molecule has 0 aliphatic heterocycles. The Hall–Kier alpha value is -0.570. The molecule has 0 atom stereocenters. The van der Waals surface area contributed by atoms with Gasteiger partial charge in [-0.3, -0.25) is 4.79 Å². The van der Waals surface area contributed by atoms with Gasteiger partial charge >= 0.3 is 5.97 Å². The summed E-state index contributed by atoms with van der Waals surface area (Å²) in [5.41, 5.74) is 0. The summed E-state index contributed by atoms with van der Waals surface area (Å²) in [6.07, 6.45) is 6.49. The maximum Gasteiger partial charge on any atom is 0.306 e. The molecule has 0 aromatic rings. The molecular formula is C11H20O3. The molecule has 0 saturated heterocycles. The van der Waals surface area contributed by atoms with Crippen molar-refractivity contribution in [2.24, 2.45) is 5.92 Å². The highest BCUT2D eigenvalue weighted by molar-refractivity contribution is 5.71. The average Bonchev–Trinajstić information content (AvgIpc) is 2.06. The van der Waals surface area contributed by atoms with Gasteiger partial charge in [0.05, 0.1) is 12.0 Å². The van der Waals surface area contributed by atoms with Crippen LogP contribution in [0.25, 0.3) is 0 Å². The Bertz CT molecular complexity index is 173. The van der Waals surface area contributed by atoms with Crippen LogP contribution < -0.4 is 0 Å². The molecule has 0 radical (unpaired) electrons. The van der Waals surface area contributed by atoms with Crippen LogP contribution in [0.1, 0.15) is 45.4 Å². The standard InChI is InChI=1S/C11H20O3/c1-2-3-4-5-6-14-10-7-9(8-10)11(12)13/h9-10H,2-8H2,1H3,(H,12,13). The van der Waals surface area contributed by atoms with Crippen molar-refractivity contribution >= 4 is 5.97 Å². The highest BCUT2D eigenvalue weighted by Gasteiger charge is 2.34. The lowest BCUT2D eigenvalue weighted by Gasteiger charge is -2.32. The van der Waals surface area contributed by atoms with Gasteiger partial charge in [-0.1, -0.05) is 26.2 Å². The maximum atomic E-state index is 10.5. The summed E-state index contributed by atoms with van der Waals surface area (Å²) < 4.78 is 5.54. The molecule has 0 heterocycles. The van der Waals surface area contributed by atoms with E-state index in [9.17, 15) is 4.79 Å². The number of carboxylic acids is 1. The predicted molar refractivity (Wildman–Crippen MR) is 54.2 cm³/mol. The molecule has 0 unspecified atom stereocenters. The van der Waals surface area contributed by atoms with Crippen molar-refractivity contribution in [3.05, 3.63) is 0 Å². The molecule has 0 amide bonds. The van der Waals surface area contributed by atoms with Gasteiger partial charge in [0.1, 0.15) is 0 Å². The minimum atomic E-state index is -0.671. The lowest BCUT2D eigenvalue weighted by atomic mass is 9.82. The van der Waals surface area contributed by atoms with Crippen molar-refractivity contribution in [1.82, 2.24) is 0 Å². The third-order valence-electron chi connectivity index (χ3n) is 2.80. The molecule has 0 aromatic heterocycles. The van der Waals surface area contributed by atoms with Gasteiger partial charge in [-0.05, 0) is 19.3 Å². The van der Waals surface area contributed by atoms with Crippen LogP contribution in [0.2, 0.25) is 0 Å². The zero-order valence-electron chi connectivity index (χ0n) is 8.87. The van der Waals surface area contributed by atoms with E-state index in [0.29, 0.717) is 12.8 Å². The normalized spacial score (nSPS) is 25.8. The Morgan fingerprint density at radius 2 is 2.07 bits per heavy atom. The van der Waals surface area contributed by atoms with Crippen molar-refractivity contribution in [2.45, 2.75) is 51.6 Å². The fraction of sp³-hybridized carbons (Fsp3) is 0.909. The van der Waals surface area contributed by atoms with Gasteiger partial charge in [0.15, 0.2) is 0 Å². The maximum absolute atomic E-state index is 10.5. The third kappa shape index (κ3) is 3.66. The molecular weight excluding hydrogens is 180 g/mol. The minimum Gasteiger partial charge on any atom is -0.481 e. The van der Waals surface area contributed by atoms with Gasteiger partial charge < -0.3 is 9.84 Å². The summed E-state index contributed by atoms with van der Waals surface area (Å²) >= 11 is 0. The van der Waals surface area contributed by atoms with E-state index in [-0.39, 0.29) is 12.0 Å². The van der Waals surface area contributed by atoms with Crippen molar-refractivity contribution in [2.75, 3.05) is 6.61 Å². The van der Waals surface area contributed by atoms with Crippen LogP contribution in [0.4, 0.5) is 0 Å². The first-order valence-corrected chi connectivity index (χ1v) is 5.58. The van der Waals surface area contributed by atoms with E-state index >= 15 is 0 Å². The number of hydrogen-bond acceptors (Lipinski definition) is 2. The first-order valence-electron chi connectivity index (χ1n) is 5.58. The number of hydrogen-bond donors (Lipinski definition) is 1. The van der Waals surface area contributed by atoms with Crippen molar-refractivity contribution in [1.29, 1.82) is 0 Å². The number of carbonyl (C=O) groups is 1. The fourth-order valence-corrected chi connectivity index (χ4v) is 1.68. The summed E-state index contributed by atoms with van der Waals surface area (Å²) in [6.45, 7) is 2.99. The van der Waals surface area contributed by atoms with Crippen LogP contribution in [0, 0.1) is 5.92 Å². The summed E-state index contributed by atoms with van der Waals surface area (Å²) in [6, 6.07) is 0. The highest BCUT2D eigenvalue weighted by Crippen LogP contribution is 2.30. The summed E-state index contributed by atoms with van der Waals surface area (Å²) in [7, 11) is 0. The first kappa shape index (κ1) is 11.5. The number of aliphatic carboxylic acids is 1. The molecule has 1 aliphatic carbocycles. The van der Waals surface area contributed by atoms with Gasteiger partial charge in [0.25, 0.3) is 0 Å². The second-order valence-electron chi connectivity index (χ2n) is 4.06. The lowest BCUT2D eigenvalue weighted by molar-refractivity contribution is -0.151. The van der Waals surface area contributed by atoms with E-state index in [1.165, 1.54) is 19.3 Å². The molecule has 0 bridgehead atoms. The summed E-state index contributed by atoms with van der Waals surface area (Å²) in [5, 5.41) is 8.64. The molecule has 1 rings (SSSR count). The van der Waals surface area contributed by atoms with Gasteiger partial charge in [-0.15, -0.1) is 0 Å². The molecule has 3 nitrogen and oxygen atoms in total. The first-order chi connectivity index (χ1) is 6.74. The molecule has 0 aromatic carbocycles. The van der Waals surface area contributed by atoms with Gasteiger partial charge in [0, 0.05) is 6.61 Å². The predicted octanol–water partition coefficient (Wildman–Crippen LogP) is 2.45. The largest absolute Gasteiger partial charge is 0.481 e. The quantitative estimate of drug-likeness (QED) is 0.642. The number of unbranched alkanes of at least 4 members (excludes halogenated alkanes) is 3. The molecule has 14 heavy (non-hydrogen) atoms. The third-order valence-corrected chi connectivity index (χ3v) is 2.80. The Balaban J connectivity index is 1.88. The molecule has 3 heteroatoms. The van der Waals surface area contributed by atoms with E-state index in [2.05, 4.69) is 6.92 Å². The van der Waals surface area contributed by atoms with Crippen molar-refractivity contribution in [3.8, 4) is 0 Å². The van der Waals surface area contributed by atoms with Crippen molar-refractivity contribution < 1.29 is 14.6 Å². The van der Waals surface area contributed by atoms with E-state index in [0.717, 1.165) is 13.0 Å². The van der Waals surface area contributed by atoms with Gasteiger partial charge in [-0.2, -0.15) is 0 Å². The van der Waals surface area contributed by atoms with Crippen LogP contribution >= 0.6 is 0 Å². The molecule has 0 spiro atoms. The lowest BCUT2D eigenvalue weighted by Crippen LogP contribution is -2.36. The van der Waals surface area contributed by atoms with Crippen molar-refractivity contribution in [3.63, 3.8) is 0 Å². The molecule has 82 valence electrons. The Labute approximate surface area is 85.5 Å². The Morgan fingerprint density at radius 3 is 2.64 bits per heavy atom.